The lowest BCUT2D eigenvalue weighted by Gasteiger charge is -2.19. The molecule has 1 aromatic heterocycles. The maximum Gasteiger partial charge on any atom is 0.227 e. The Kier molecular flexibility index (Phi) is 6.88. The minimum atomic E-state index is 0.0981. The molecule has 0 aliphatic rings. The number of amides is 1. The molecule has 0 unspecified atom stereocenters. The summed E-state index contributed by atoms with van der Waals surface area (Å²) in [6, 6.07) is 13.8. The Balaban J connectivity index is 2.04. The molecule has 1 amide bonds. The summed E-state index contributed by atoms with van der Waals surface area (Å²) in [6.07, 6.45) is 2.32. The number of aromatic nitrogens is 1. The Labute approximate surface area is 175 Å². The van der Waals surface area contributed by atoms with Gasteiger partial charge in [-0.25, -0.2) is 4.98 Å². The number of thiazole rings is 1. The van der Waals surface area contributed by atoms with Crippen LogP contribution in [0, 0.1) is 0 Å². The molecule has 0 radical (unpaired) electrons. The number of carbonyl (C=O) groups excluding carboxylic acids is 1. The molecule has 29 heavy (non-hydrogen) atoms. The van der Waals surface area contributed by atoms with Gasteiger partial charge in [-0.3, -0.25) is 4.79 Å². The van der Waals surface area contributed by atoms with Crippen molar-refractivity contribution in [1.82, 2.24) is 9.88 Å². The third-order valence-corrected chi connectivity index (χ3v) is 5.89. The number of fused-ring (bicyclic) bond motifs is 1. The highest BCUT2D eigenvalue weighted by Crippen LogP contribution is 2.33. The molecule has 0 spiro atoms. The molecule has 3 rings (SSSR count). The first-order valence-corrected chi connectivity index (χ1v) is 10.5. The zero-order valence-corrected chi connectivity index (χ0v) is 18.1. The third kappa shape index (κ3) is 4.77. The minimum absolute atomic E-state index is 0.0981. The van der Waals surface area contributed by atoms with Crippen LogP contribution in [0.25, 0.3) is 21.9 Å². The molecule has 0 aliphatic heterocycles. The molecule has 1 heterocycles. The number of rotatable bonds is 8. The number of nitrogens with zero attached hydrogens (tertiary/aromatic N) is 2. The van der Waals surface area contributed by atoms with Gasteiger partial charge in [-0.05, 0) is 55.3 Å². The molecule has 0 aliphatic carbocycles. The molecule has 0 fully saturated rings. The highest BCUT2D eigenvalue weighted by atomic mass is 32.1. The summed E-state index contributed by atoms with van der Waals surface area (Å²) in [5.41, 5.74) is 2.78. The topological polar surface area (TPSA) is 51.7 Å². The van der Waals surface area contributed by atoms with E-state index in [9.17, 15) is 4.79 Å². The van der Waals surface area contributed by atoms with Crippen molar-refractivity contribution in [1.29, 1.82) is 0 Å². The summed E-state index contributed by atoms with van der Waals surface area (Å²) in [6.45, 7) is 5.38. The Morgan fingerprint density at radius 1 is 1.07 bits per heavy atom. The van der Waals surface area contributed by atoms with Crippen molar-refractivity contribution in [2.45, 2.75) is 20.3 Å². The summed E-state index contributed by atoms with van der Waals surface area (Å²) in [5.74, 6) is 1.42. The van der Waals surface area contributed by atoms with Gasteiger partial charge in [-0.15, -0.1) is 11.3 Å². The lowest BCUT2D eigenvalue weighted by atomic mass is 10.1. The maximum atomic E-state index is 12.8. The van der Waals surface area contributed by atoms with Gasteiger partial charge in [0.25, 0.3) is 0 Å². The first-order valence-electron chi connectivity index (χ1n) is 9.65. The van der Waals surface area contributed by atoms with E-state index in [0.717, 1.165) is 26.4 Å². The number of benzene rings is 2. The normalized spacial score (nSPS) is 11.5. The van der Waals surface area contributed by atoms with E-state index < -0.39 is 0 Å². The van der Waals surface area contributed by atoms with Gasteiger partial charge in [0.05, 0.1) is 30.9 Å². The van der Waals surface area contributed by atoms with Gasteiger partial charge >= 0.3 is 0 Å². The molecule has 6 heteroatoms. The molecule has 3 aromatic rings. The lowest BCUT2D eigenvalue weighted by molar-refractivity contribution is -0.129. The maximum absolute atomic E-state index is 12.8. The summed E-state index contributed by atoms with van der Waals surface area (Å²) < 4.78 is 11.9. The third-order valence-electron chi connectivity index (χ3n) is 4.77. The predicted molar refractivity (Wildman–Crippen MR) is 120 cm³/mol. The fraction of sp³-hybridized carbons (Fsp3) is 0.304. The van der Waals surface area contributed by atoms with Crippen LogP contribution in [0.2, 0.25) is 0 Å². The lowest BCUT2D eigenvalue weighted by Crippen LogP contribution is -2.30. The van der Waals surface area contributed by atoms with Gasteiger partial charge in [0.2, 0.25) is 5.91 Å². The van der Waals surface area contributed by atoms with Gasteiger partial charge in [-0.2, -0.15) is 0 Å². The van der Waals surface area contributed by atoms with Gasteiger partial charge in [0.1, 0.15) is 5.01 Å². The average molecular weight is 411 g/mol. The predicted octanol–water partition coefficient (Wildman–Crippen LogP) is 5.11. The zero-order chi connectivity index (χ0) is 20.8. The number of hydrogen-bond donors (Lipinski definition) is 0. The molecular formula is C23H26N2O3S. The first kappa shape index (κ1) is 20.9. The van der Waals surface area contributed by atoms with Crippen LogP contribution in [-0.2, 0) is 4.79 Å². The standard InChI is InChI=1S/C23H26N2O3S/c1-5-25(6-2)22(26)15-17(23-24-18-9-7-8-10-21(18)29-23)13-16-11-12-19(27-3)20(14-16)28-4/h7-14H,5-6,15H2,1-4H3/b17-13-. The van der Waals surface area contributed by atoms with Crippen LogP contribution >= 0.6 is 11.3 Å². The molecule has 0 saturated carbocycles. The molecule has 2 aromatic carbocycles. The van der Waals surface area contributed by atoms with Gasteiger partial charge in [-0.1, -0.05) is 18.2 Å². The van der Waals surface area contributed by atoms with Crippen molar-refractivity contribution in [2.75, 3.05) is 27.3 Å². The van der Waals surface area contributed by atoms with E-state index >= 15 is 0 Å². The van der Waals surface area contributed by atoms with Crippen LogP contribution in [0.4, 0.5) is 0 Å². The van der Waals surface area contributed by atoms with Crippen LogP contribution in [0.15, 0.2) is 42.5 Å². The van der Waals surface area contributed by atoms with E-state index in [2.05, 4.69) is 6.07 Å². The summed E-state index contributed by atoms with van der Waals surface area (Å²) in [5, 5.41) is 0.862. The van der Waals surface area contributed by atoms with E-state index in [0.29, 0.717) is 31.0 Å². The number of ether oxygens (including phenoxy) is 2. The van der Waals surface area contributed by atoms with Crippen LogP contribution < -0.4 is 9.47 Å². The number of carbonyl (C=O) groups is 1. The summed E-state index contributed by atoms with van der Waals surface area (Å²) in [4.78, 5) is 19.5. The first-order chi connectivity index (χ1) is 14.1. The van der Waals surface area contributed by atoms with Gasteiger partial charge < -0.3 is 14.4 Å². The second kappa shape index (κ2) is 9.56. The van der Waals surface area contributed by atoms with Crippen LogP contribution in [0.5, 0.6) is 11.5 Å². The summed E-state index contributed by atoms with van der Waals surface area (Å²) >= 11 is 1.61. The molecule has 0 bridgehead atoms. The Morgan fingerprint density at radius 2 is 1.79 bits per heavy atom. The second-order valence-corrected chi connectivity index (χ2v) is 7.54. The molecular weight excluding hydrogens is 384 g/mol. The number of methoxy groups -OCH3 is 2. The van der Waals surface area contributed by atoms with E-state index in [1.54, 1.807) is 25.6 Å². The second-order valence-electron chi connectivity index (χ2n) is 6.51. The molecule has 152 valence electrons. The van der Waals surface area contributed by atoms with E-state index in [-0.39, 0.29) is 5.91 Å². The Bertz CT molecular complexity index is 989. The van der Waals surface area contributed by atoms with Crippen molar-refractivity contribution < 1.29 is 14.3 Å². The van der Waals surface area contributed by atoms with Crippen molar-refractivity contribution in [3.8, 4) is 11.5 Å². The molecule has 0 saturated heterocycles. The monoisotopic (exact) mass is 410 g/mol. The molecule has 0 atom stereocenters. The van der Waals surface area contributed by atoms with E-state index in [1.165, 1.54) is 0 Å². The highest BCUT2D eigenvalue weighted by molar-refractivity contribution is 7.19. The average Bonchev–Trinajstić information content (AvgIpc) is 3.18. The van der Waals surface area contributed by atoms with Crippen molar-refractivity contribution in [3.05, 3.63) is 53.0 Å². The van der Waals surface area contributed by atoms with E-state index in [1.807, 2.05) is 61.2 Å². The van der Waals surface area contributed by atoms with Gasteiger partial charge in [0, 0.05) is 13.1 Å². The number of hydrogen-bond acceptors (Lipinski definition) is 5. The van der Waals surface area contributed by atoms with Gasteiger partial charge in [0.15, 0.2) is 11.5 Å². The van der Waals surface area contributed by atoms with Crippen LogP contribution in [0.3, 0.4) is 0 Å². The Hall–Kier alpha value is -2.86. The molecule has 5 nitrogen and oxygen atoms in total. The van der Waals surface area contributed by atoms with Crippen molar-refractivity contribution in [2.24, 2.45) is 0 Å². The quantitative estimate of drug-likeness (QED) is 0.518. The zero-order valence-electron chi connectivity index (χ0n) is 17.3. The largest absolute Gasteiger partial charge is 0.493 e. The minimum Gasteiger partial charge on any atom is -0.493 e. The van der Waals surface area contributed by atoms with Crippen molar-refractivity contribution >= 4 is 39.1 Å². The smallest absolute Gasteiger partial charge is 0.227 e. The van der Waals surface area contributed by atoms with Crippen LogP contribution in [-0.4, -0.2) is 43.1 Å². The van der Waals surface area contributed by atoms with E-state index in [4.69, 9.17) is 14.5 Å². The van der Waals surface area contributed by atoms with Crippen molar-refractivity contribution in [3.63, 3.8) is 0 Å². The fourth-order valence-electron chi connectivity index (χ4n) is 3.19. The molecule has 0 N–H and O–H groups in total. The Morgan fingerprint density at radius 3 is 2.45 bits per heavy atom. The summed E-state index contributed by atoms with van der Waals surface area (Å²) in [7, 11) is 3.23. The highest BCUT2D eigenvalue weighted by Gasteiger charge is 2.17. The number of para-hydroxylation sites is 1. The van der Waals surface area contributed by atoms with Crippen LogP contribution in [0.1, 0.15) is 30.8 Å². The fourth-order valence-corrected chi connectivity index (χ4v) is 4.17. The SMILES string of the molecule is CCN(CC)C(=O)C/C(=C/c1ccc(OC)c(OC)c1)c1nc2ccccc2s1.